The third kappa shape index (κ3) is 31.1. The Morgan fingerprint density at radius 3 is 1.68 bits per heavy atom. The Morgan fingerprint density at radius 1 is 0.670 bits per heavy atom. The van der Waals surface area contributed by atoms with E-state index in [9.17, 15) is 52.2 Å². The van der Waals surface area contributed by atoms with Crippen LogP contribution in [0.15, 0.2) is 29.2 Å². The minimum absolute atomic E-state index is 0.0204. The molecule has 0 unspecified atom stereocenters. The molecule has 6 fully saturated rings. The number of halogens is 2. The van der Waals surface area contributed by atoms with Crippen LogP contribution in [0.3, 0.4) is 0 Å². The zero-order valence-electron chi connectivity index (χ0n) is 65.6. The van der Waals surface area contributed by atoms with Gasteiger partial charge in [-0.15, -0.1) is 0 Å². The van der Waals surface area contributed by atoms with E-state index < -0.39 is 45.8 Å². The van der Waals surface area contributed by atoms with Crippen LogP contribution in [0.1, 0.15) is 266 Å². The van der Waals surface area contributed by atoms with Crippen LogP contribution < -0.4 is 21.8 Å². The predicted octanol–water partition coefficient (Wildman–Crippen LogP) is 14.0. The summed E-state index contributed by atoms with van der Waals surface area (Å²) < 4.78 is 44.6. The summed E-state index contributed by atoms with van der Waals surface area (Å²) >= 11 is 0. The number of amides is 1. The molecule has 0 radical (unpaired) electrons. The number of carboxylic acids is 1. The van der Waals surface area contributed by atoms with Crippen LogP contribution in [-0.4, -0.2) is 141 Å². The minimum atomic E-state index is -0.892. The van der Waals surface area contributed by atoms with E-state index in [1.54, 1.807) is 0 Å². The first-order valence-electron chi connectivity index (χ1n) is 38.5. The Kier molecular flexibility index (Phi) is 36.6. The summed E-state index contributed by atoms with van der Waals surface area (Å²) in [4.78, 5) is 99.2. The highest BCUT2D eigenvalue weighted by atomic mass is 19.1. The molecule has 9 rings (SSSR count). The smallest absolute Gasteiger partial charge is 0.306 e. The van der Waals surface area contributed by atoms with Crippen LogP contribution in [-0.2, 0) is 51.1 Å². The standard InChI is InChI=1S/C27H31F2N3O4.C16H31NO2.C12H19NO2.C12H20O4.C10H22N2.C4H8O/c1-15(2)11-30-12-17-4-3-5-21(17)32-23(30)14-31-13-19(25(34)26(35)24(31)27(32)36)22(33)9-7-16-6-8-18(28)10-20(16)29;1-12(2)10-17-11-14-8-6-7-13(14)9-15(18)19-16(3,4)5;1-12(2,3)15-11(14)7-9-5-4-6-10(9)8-13;1-12(2,3)16-10(13)7-8-5-4-6-9(8)11(14)15;1-8(2)6-12-7-9-4-3-5-10(9)11;1-4(2)3-5/h6,8,10,13,15,17,21,23,35H,3-5,7,9,11-12,14H2,1-2H3;12-14,17H,6-11H2,1-5H3;9-10H,4-7H2,1-3H3;8-9H,4-7H2,1-3H3,(H,14,15);8-10,12H,3-7,11H2,1-2H3;3-4H,1-2H3/t17-,21-,23-;13-,14+;9-,10+;8-,9-;9-,10-;/m01110./s1. The van der Waals surface area contributed by atoms with Crippen LogP contribution in [0, 0.1) is 94.0 Å². The minimum Gasteiger partial charge on any atom is -0.503 e. The molecule has 5 aliphatic carbocycles. The first kappa shape index (κ1) is 89.2. The number of aryl methyl sites for hydroxylation is 1. The molecule has 2 aliphatic heterocycles. The van der Waals surface area contributed by atoms with Crippen molar-refractivity contribution in [2.45, 2.75) is 288 Å². The molecule has 1 aromatic carbocycles. The van der Waals surface area contributed by atoms with Gasteiger partial charge in [0, 0.05) is 75.0 Å². The number of fused-ring (bicyclic) bond motifs is 4. The third-order valence-corrected chi connectivity index (χ3v) is 19.9. The number of hydrogen-bond acceptors (Lipinski definition) is 17. The normalized spacial score (nSPS) is 24.3. The van der Waals surface area contributed by atoms with Gasteiger partial charge in [0.2, 0.25) is 5.43 Å². The quantitative estimate of drug-likeness (QED) is 0.0317. The van der Waals surface area contributed by atoms with Crippen molar-refractivity contribution < 1.29 is 66.8 Å². The molecule has 11 atom stereocenters. The summed E-state index contributed by atoms with van der Waals surface area (Å²) in [5.41, 5.74) is 3.65. The number of nitrogens with zero attached hydrogens (tertiary/aromatic N) is 4. The van der Waals surface area contributed by atoms with Crippen molar-refractivity contribution in [3.05, 3.63) is 63.1 Å². The lowest BCUT2D eigenvalue weighted by Crippen LogP contribution is -2.66. The Labute approximate surface area is 614 Å². The number of nitrogens with one attached hydrogen (secondary N) is 2. The zero-order chi connectivity index (χ0) is 77.3. The van der Waals surface area contributed by atoms with E-state index in [1.807, 2.05) is 81.1 Å². The number of hydrogen-bond donors (Lipinski definition) is 5. The highest BCUT2D eigenvalue weighted by molar-refractivity contribution is 6.00. The number of carbonyl (C=O) groups excluding carboxylic acids is 6. The molecule has 1 aromatic heterocycles. The number of aldehydes is 1. The predicted molar refractivity (Wildman–Crippen MR) is 398 cm³/mol. The summed E-state index contributed by atoms with van der Waals surface area (Å²) in [5, 5.41) is 35.7. The van der Waals surface area contributed by atoms with E-state index in [2.05, 4.69) is 63.1 Å². The first-order chi connectivity index (χ1) is 48.1. The lowest BCUT2D eigenvalue weighted by atomic mass is 9.92. The molecule has 582 valence electrons. The van der Waals surface area contributed by atoms with Gasteiger partial charge in [-0.05, 0) is 224 Å². The van der Waals surface area contributed by atoms with Gasteiger partial charge in [0.05, 0.1) is 24.1 Å². The molecule has 3 heterocycles. The van der Waals surface area contributed by atoms with E-state index >= 15 is 0 Å². The summed E-state index contributed by atoms with van der Waals surface area (Å²) in [6, 6.07) is 5.95. The van der Waals surface area contributed by atoms with Crippen molar-refractivity contribution in [1.29, 1.82) is 5.26 Å². The topological polar surface area (TPSA) is 290 Å². The van der Waals surface area contributed by atoms with Crippen molar-refractivity contribution in [1.82, 2.24) is 25.0 Å². The van der Waals surface area contributed by atoms with Crippen molar-refractivity contribution in [3.63, 3.8) is 0 Å². The summed E-state index contributed by atoms with van der Waals surface area (Å²) in [6.45, 7) is 40.1. The molecule has 6 N–H and O–H groups in total. The monoisotopic (exact) mass is 1450 g/mol. The third-order valence-electron chi connectivity index (χ3n) is 19.9. The number of nitriles is 1. The van der Waals surface area contributed by atoms with E-state index in [0.29, 0.717) is 61.4 Å². The van der Waals surface area contributed by atoms with Gasteiger partial charge in [-0.1, -0.05) is 93.6 Å². The Bertz CT molecular complexity index is 3140. The van der Waals surface area contributed by atoms with E-state index in [4.69, 9.17) is 30.3 Å². The molecule has 22 heteroatoms. The van der Waals surface area contributed by atoms with Crippen LogP contribution in [0.4, 0.5) is 8.78 Å². The molecular formula is C81H131F2N7O13. The molecule has 0 bridgehead atoms. The zero-order valence-corrected chi connectivity index (χ0v) is 65.6. The van der Waals surface area contributed by atoms with Crippen LogP contribution in [0.25, 0.3) is 0 Å². The Morgan fingerprint density at radius 2 is 1.17 bits per heavy atom. The average Bonchev–Trinajstić information content (AvgIpc) is 1.69. The van der Waals surface area contributed by atoms with Gasteiger partial charge in [-0.2, -0.15) is 5.26 Å². The number of nitrogens with two attached hydrogens (primary N) is 1. The summed E-state index contributed by atoms with van der Waals surface area (Å²) in [7, 11) is 0. The van der Waals surface area contributed by atoms with Crippen LogP contribution in [0.2, 0.25) is 0 Å². The van der Waals surface area contributed by atoms with E-state index in [-0.39, 0.29) is 107 Å². The molecule has 20 nitrogen and oxygen atoms in total. The number of aromatic hydroxyl groups is 1. The van der Waals surface area contributed by atoms with Crippen molar-refractivity contribution in [2.75, 3.05) is 39.3 Å². The van der Waals surface area contributed by atoms with E-state index in [1.165, 1.54) is 55.4 Å². The summed E-state index contributed by atoms with van der Waals surface area (Å²) in [6.07, 6.45) is 19.0. The molecule has 2 aromatic rings. The van der Waals surface area contributed by atoms with Gasteiger partial charge >= 0.3 is 23.9 Å². The van der Waals surface area contributed by atoms with Crippen molar-refractivity contribution in [3.8, 4) is 11.8 Å². The number of aromatic nitrogens is 1. The fraction of sp³-hybridized carbons (Fsp3) is 0.765. The maximum absolute atomic E-state index is 14.0. The molecule has 7 aliphatic rings. The van der Waals surface area contributed by atoms with Crippen LogP contribution in [0.5, 0.6) is 5.75 Å². The largest absolute Gasteiger partial charge is 0.503 e. The van der Waals surface area contributed by atoms with Gasteiger partial charge in [0.15, 0.2) is 17.2 Å². The maximum Gasteiger partial charge on any atom is 0.306 e. The Balaban J connectivity index is 0.000000286. The number of Topliss-reactive ketones (excluding diaryl/α,β-unsaturated/α-hetero) is 1. The molecule has 5 saturated carbocycles. The van der Waals surface area contributed by atoms with Gasteiger partial charge < -0.3 is 55.1 Å². The number of aliphatic carboxylic acids is 1. The molecule has 0 spiro atoms. The lowest BCUT2D eigenvalue weighted by molar-refractivity contribution is -0.158. The van der Waals surface area contributed by atoms with Crippen molar-refractivity contribution in [2.24, 2.45) is 76.7 Å². The van der Waals surface area contributed by atoms with Crippen LogP contribution >= 0.6 is 0 Å². The number of rotatable bonds is 22. The number of carboxylic acid groups (broad SMARTS) is 1. The fourth-order valence-corrected chi connectivity index (χ4v) is 15.1. The number of carbonyl (C=O) groups is 7. The number of ether oxygens (including phenoxy) is 3. The SMILES string of the molecule is CC(C)(C)OC(=O)C[C@H]1CCC[C@H]1C#N.CC(C)(C)OC(=O)C[C@H]1CCC[C@H]1C(=O)O.CC(C)C=O.CC(C)CN1C[C@@H]2CCC[C@@H]2N2C(=O)c3c(O)c(=O)c(C(=O)CCc4ccc(F)cc4F)cn3C[C@@H]12.CC(C)CNC[C@@H]1CCC[C@@H]1CC(=O)OC(C)(C)C.CC(C)CNC[C@@H]1CCC[C@@H]1N. The Hall–Kier alpha value is -6.15. The molecule has 1 saturated heterocycles. The first-order valence-corrected chi connectivity index (χ1v) is 38.5. The van der Waals surface area contributed by atoms with Gasteiger partial charge in [0.1, 0.15) is 40.9 Å². The average molecular weight is 1450 g/mol. The van der Waals surface area contributed by atoms with E-state index in [0.717, 1.165) is 121 Å². The van der Waals surface area contributed by atoms with Gasteiger partial charge in [-0.25, -0.2) is 8.78 Å². The second kappa shape index (κ2) is 42.3. The fourth-order valence-electron chi connectivity index (χ4n) is 15.1. The summed E-state index contributed by atoms with van der Waals surface area (Å²) in [5.74, 6) is -0.253. The van der Waals surface area contributed by atoms with Gasteiger partial charge in [-0.3, -0.25) is 38.5 Å². The number of esters is 3. The lowest BCUT2D eigenvalue weighted by Gasteiger charge is -2.53. The van der Waals surface area contributed by atoms with Gasteiger partial charge in [0.25, 0.3) is 5.91 Å². The number of ketones is 1. The highest BCUT2D eigenvalue weighted by Gasteiger charge is 2.50. The highest BCUT2D eigenvalue weighted by Crippen LogP contribution is 2.42. The maximum atomic E-state index is 14.0. The number of pyridine rings is 1. The van der Waals surface area contributed by atoms with Crippen molar-refractivity contribution >= 4 is 41.9 Å². The number of benzene rings is 1. The second-order valence-corrected chi connectivity index (χ2v) is 34.4. The molecule has 1 amide bonds. The molecular weight excluding hydrogens is 1320 g/mol. The molecule has 103 heavy (non-hydrogen) atoms. The second-order valence-electron chi connectivity index (χ2n) is 34.4.